The highest BCUT2D eigenvalue weighted by molar-refractivity contribution is 4.81. The Hall–Kier alpha value is -0.120. The first-order valence-corrected chi connectivity index (χ1v) is 6.14. The maximum Gasteiger partial charge on any atom is 0.0753 e. The molecule has 0 aromatic carbocycles. The summed E-state index contributed by atoms with van der Waals surface area (Å²) in [6.07, 6.45) is 4.27. The molecule has 2 fully saturated rings. The predicted molar refractivity (Wildman–Crippen MR) is 60.1 cm³/mol. The third-order valence-electron chi connectivity index (χ3n) is 3.24. The lowest BCUT2D eigenvalue weighted by Gasteiger charge is -2.40. The van der Waals surface area contributed by atoms with Crippen molar-refractivity contribution in [2.75, 3.05) is 32.8 Å². The first-order valence-electron chi connectivity index (χ1n) is 6.14. The smallest absolute Gasteiger partial charge is 0.0753 e. The molecule has 0 saturated carbocycles. The molecule has 0 spiro atoms. The van der Waals surface area contributed by atoms with Crippen LogP contribution in [0.2, 0.25) is 0 Å². The van der Waals surface area contributed by atoms with Crippen molar-refractivity contribution in [1.29, 1.82) is 0 Å². The first-order chi connectivity index (χ1) is 7.16. The molecule has 2 rings (SSSR count). The number of hydrogen-bond donors (Lipinski definition) is 0. The number of rotatable bonds is 2. The van der Waals surface area contributed by atoms with Crippen LogP contribution in [0, 0.1) is 0 Å². The van der Waals surface area contributed by atoms with Gasteiger partial charge in [-0.05, 0) is 33.1 Å². The van der Waals surface area contributed by atoms with Crippen LogP contribution in [0.5, 0.6) is 0 Å². The first kappa shape index (κ1) is 11.4. The summed E-state index contributed by atoms with van der Waals surface area (Å²) >= 11 is 0. The van der Waals surface area contributed by atoms with E-state index in [0.717, 1.165) is 32.8 Å². The summed E-state index contributed by atoms with van der Waals surface area (Å²) in [5.41, 5.74) is 0.0208. The van der Waals surface area contributed by atoms with Crippen LogP contribution in [0.1, 0.15) is 33.1 Å². The van der Waals surface area contributed by atoms with E-state index in [1.165, 1.54) is 19.3 Å². The fraction of sp³-hybridized carbons (Fsp3) is 1.00. The minimum Gasteiger partial charge on any atom is -0.377 e. The van der Waals surface area contributed by atoms with Crippen molar-refractivity contribution in [2.24, 2.45) is 0 Å². The molecule has 0 unspecified atom stereocenters. The van der Waals surface area contributed by atoms with Crippen LogP contribution >= 0.6 is 0 Å². The molecule has 0 radical (unpaired) electrons. The summed E-state index contributed by atoms with van der Waals surface area (Å²) < 4.78 is 11.5. The SMILES string of the molecule is CC1(C)CN(C[C@@H]2CCCCO2)CCO1. The zero-order valence-corrected chi connectivity index (χ0v) is 10.00. The minimum atomic E-state index is 0.0208. The average molecular weight is 213 g/mol. The van der Waals surface area contributed by atoms with Gasteiger partial charge in [0.1, 0.15) is 0 Å². The topological polar surface area (TPSA) is 21.7 Å². The van der Waals surface area contributed by atoms with Crippen LogP contribution in [0.3, 0.4) is 0 Å². The van der Waals surface area contributed by atoms with Crippen molar-refractivity contribution in [3.05, 3.63) is 0 Å². The van der Waals surface area contributed by atoms with Gasteiger partial charge >= 0.3 is 0 Å². The molecule has 2 aliphatic rings. The van der Waals surface area contributed by atoms with Crippen LogP contribution < -0.4 is 0 Å². The van der Waals surface area contributed by atoms with Crippen molar-refractivity contribution in [3.63, 3.8) is 0 Å². The second-order valence-corrected chi connectivity index (χ2v) is 5.33. The Labute approximate surface area is 92.7 Å². The molecule has 2 saturated heterocycles. The zero-order valence-electron chi connectivity index (χ0n) is 10.00. The molecule has 88 valence electrons. The third-order valence-corrected chi connectivity index (χ3v) is 3.24. The largest absolute Gasteiger partial charge is 0.377 e. The van der Waals surface area contributed by atoms with Gasteiger partial charge < -0.3 is 9.47 Å². The van der Waals surface area contributed by atoms with Crippen molar-refractivity contribution in [1.82, 2.24) is 4.90 Å². The maximum absolute atomic E-state index is 5.77. The van der Waals surface area contributed by atoms with E-state index in [4.69, 9.17) is 9.47 Å². The normalized spacial score (nSPS) is 32.8. The van der Waals surface area contributed by atoms with E-state index < -0.39 is 0 Å². The molecular weight excluding hydrogens is 190 g/mol. The number of nitrogens with zero attached hydrogens (tertiary/aromatic N) is 1. The predicted octanol–water partition coefficient (Wildman–Crippen LogP) is 1.67. The number of hydrogen-bond acceptors (Lipinski definition) is 3. The molecule has 3 heteroatoms. The van der Waals surface area contributed by atoms with E-state index in [0.29, 0.717) is 6.10 Å². The molecule has 1 atom stereocenters. The monoisotopic (exact) mass is 213 g/mol. The average Bonchev–Trinajstić information content (AvgIpc) is 2.17. The lowest BCUT2D eigenvalue weighted by atomic mass is 10.1. The highest BCUT2D eigenvalue weighted by Crippen LogP contribution is 2.19. The van der Waals surface area contributed by atoms with E-state index in [1.54, 1.807) is 0 Å². The molecule has 2 heterocycles. The van der Waals surface area contributed by atoms with E-state index in [1.807, 2.05) is 0 Å². The summed E-state index contributed by atoms with van der Waals surface area (Å²) in [6.45, 7) is 9.34. The molecule has 3 nitrogen and oxygen atoms in total. The fourth-order valence-corrected chi connectivity index (χ4v) is 2.51. The fourth-order valence-electron chi connectivity index (χ4n) is 2.51. The molecule has 0 N–H and O–H groups in total. The van der Waals surface area contributed by atoms with E-state index in [-0.39, 0.29) is 5.60 Å². The standard InChI is InChI=1S/C12H23NO2/c1-12(2)10-13(6-8-15-12)9-11-5-3-4-7-14-11/h11H,3-10H2,1-2H3/t11-/m0/s1. The van der Waals surface area contributed by atoms with Gasteiger partial charge in [0, 0.05) is 26.2 Å². The molecule has 15 heavy (non-hydrogen) atoms. The Morgan fingerprint density at radius 1 is 1.27 bits per heavy atom. The van der Waals surface area contributed by atoms with Gasteiger partial charge in [-0.25, -0.2) is 0 Å². The molecule has 0 aliphatic carbocycles. The van der Waals surface area contributed by atoms with E-state index in [9.17, 15) is 0 Å². The zero-order chi connectivity index (χ0) is 10.7. The lowest BCUT2D eigenvalue weighted by Crippen LogP contribution is -2.50. The van der Waals surface area contributed by atoms with Gasteiger partial charge in [0.05, 0.1) is 18.3 Å². The minimum absolute atomic E-state index is 0.0208. The van der Waals surface area contributed by atoms with Gasteiger partial charge in [-0.3, -0.25) is 4.90 Å². The maximum atomic E-state index is 5.77. The second-order valence-electron chi connectivity index (χ2n) is 5.33. The van der Waals surface area contributed by atoms with Gasteiger partial charge in [0.2, 0.25) is 0 Å². The van der Waals surface area contributed by atoms with E-state index in [2.05, 4.69) is 18.7 Å². The molecule has 0 aromatic heterocycles. The lowest BCUT2D eigenvalue weighted by molar-refractivity contribution is -0.101. The van der Waals surface area contributed by atoms with Crippen LogP contribution in [-0.2, 0) is 9.47 Å². The Bertz CT molecular complexity index is 200. The second kappa shape index (κ2) is 4.81. The molecule has 0 aromatic rings. The molecule has 0 amide bonds. The van der Waals surface area contributed by atoms with Crippen molar-refractivity contribution >= 4 is 0 Å². The third kappa shape index (κ3) is 3.44. The van der Waals surface area contributed by atoms with Crippen molar-refractivity contribution < 1.29 is 9.47 Å². The van der Waals surface area contributed by atoms with Crippen LogP contribution in [-0.4, -0.2) is 49.5 Å². The Morgan fingerprint density at radius 2 is 2.13 bits per heavy atom. The van der Waals surface area contributed by atoms with Gasteiger partial charge in [-0.15, -0.1) is 0 Å². The number of morpholine rings is 1. The summed E-state index contributed by atoms with van der Waals surface area (Å²) in [4.78, 5) is 2.49. The van der Waals surface area contributed by atoms with Crippen LogP contribution in [0.15, 0.2) is 0 Å². The van der Waals surface area contributed by atoms with Crippen LogP contribution in [0.4, 0.5) is 0 Å². The summed E-state index contributed by atoms with van der Waals surface area (Å²) in [5, 5.41) is 0. The molecule has 0 bridgehead atoms. The van der Waals surface area contributed by atoms with Crippen LogP contribution in [0.25, 0.3) is 0 Å². The van der Waals surface area contributed by atoms with Gasteiger partial charge in [0.25, 0.3) is 0 Å². The van der Waals surface area contributed by atoms with Gasteiger partial charge in [0.15, 0.2) is 0 Å². The Kier molecular flexibility index (Phi) is 3.65. The van der Waals surface area contributed by atoms with Crippen molar-refractivity contribution in [2.45, 2.75) is 44.8 Å². The van der Waals surface area contributed by atoms with Gasteiger partial charge in [-0.2, -0.15) is 0 Å². The Balaban J connectivity index is 1.78. The van der Waals surface area contributed by atoms with Gasteiger partial charge in [-0.1, -0.05) is 0 Å². The molecule has 2 aliphatic heterocycles. The number of ether oxygens (including phenoxy) is 2. The van der Waals surface area contributed by atoms with Crippen molar-refractivity contribution in [3.8, 4) is 0 Å². The quantitative estimate of drug-likeness (QED) is 0.696. The Morgan fingerprint density at radius 3 is 2.80 bits per heavy atom. The molecular formula is C12H23NO2. The highest BCUT2D eigenvalue weighted by atomic mass is 16.5. The summed E-state index contributed by atoms with van der Waals surface area (Å²) in [5.74, 6) is 0. The highest BCUT2D eigenvalue weighted by Gasteiger charge is 2.28. The summed E-state index contributed by atoms with van der Waals surface area (Å²) in [7, 11) is 0. The summed E-state index contributed by atoms with van der Waals surface area (Å²) in [6, 6.07) is 0. The van der Waals surface area contributed by atoms with E-state index >= 15 is 0 Å².